The number of benzene rings is 1. The van der Waals surface area contributed by atoms with Crippen LogP contribution in [0.15, 0.2) is 53.7 Å². The van der Waals surface area contributed by atoms with Crippen molar-refractivity contribution in [3.8, 4) is 5.75 Å². The number of ether oxygens (including phenoxy) is 1. The largest absolute Gasteiger partial charge is 0.493 e. The Hall–Kier alpha value is -2.36. The number of pyridine rings is 1. The first-order chi connectivity index (χ1) is 14.6. The molecule has 31 heavy (non-hydrogen) atoms. The average Bonchev–Trinajstić information content (AvgIpc) is 3.16. The van der Waals surface area contributed by atoms with Crippen LogP contribution in [0.2, 0.25) is 0 Å². The van der Waals surface area contributed by atoms with E-state index in [1.807, 2.05) is 40.9 Å². The Morgan fingerprint density at radius 1 is 1.10 bits per heavy atom. The summed E-state index contributed by atoms with van der Waals surface area (Å²) in [7, 11) is 0. The molecule has 7 nitrogen and oxygen atoms in total. The third kappa shape index (κ3) is 7.37. The minimum absolute atomic E-state index is 0. The average molecular weight is 536 g/mol. The Morgan fingerprint density at radius 2 is 1.87 bits per heavy atom. The van der Waals surface area contributed by atoms with Gasteiger partial charge in [-0.05, 0) is 49.6 Å². The molecule has 1 unspecified atom stereocenters. The summed E-state index contributed by atoms with van der Waals surface area (Å²) in [6, 6.07) is 14.3. The van der Waals surface area contributed by atoms with Crippen molar-refractivity contribution in [2.75, 3.05) is 19.7 Å². The topological polar surface area (TPSA) is 75.8 Å². The molecule has 0 saturated carbocycles. The van der Waals surface area contributed by atoms with E-state index in [4.69, 9.17) is 9.73 Å². The molecule has 0 aliphatic carbocycles. The van der Waals surface area contributed by atoms with Gasteiger partial charge in [-0.1, -0.05) is 32.0 Å². The Kier molecular flexibility index (Phi) is 10.0. The normalized spacial score (nSPS) is 12.5. The van der Waals surface area contributed by atoms with Crippen LogP contribution in [0.1, 0.15) is 45.1 Å². The van der Waals surface area contributed by atoms with Gasteiger partial charge in [0.2, 0.25) is 0 Å². The first-order valence-electron chi connectivity index (χ1n) is 10.6. The smallest absolute Gasteiger partial charge is 0.191 e. The number of halogens is 1. The van der Waals surface area contributed by atoms with E-state index in [1.165, 1.54) is 5.56 Å². The fraction of sp³-hybridized carbons (Fsp3) is 0.435. The van der Waals surface area contributed by atoms with E-state index in [2.05, 4.69) is 60.7 Å². The lowest BCUT2D eigenvalue weighted by Gasteiger charge is -2.18. The van der Waals surface area contributed by atoms with Crippen molar-refractivity contribution >= 4 is 35.6 Å². The fourth-order valence-electron chi connectivity index (χ4n) is 3.05. The van der Waals surface area contributed by atoms with E-state index < -0.39 is 0 Å². The zero-order valence-electron chi connectivity index (χ0n) is 18.7. The van der Waals surface area contributed by atoms with Crippen molar-refractivity contribution in [1.29, 1.82) is 0 Å². The molecule has 0 saturated heterocycles. The summed E-state index contributed by atoms with van der Waals surface area (Å²) >= 11 is 0. The van der Waals surface area contributed by atoms with Gasteiger partial charge in [0, 0.05) is 25.7 Å². The molecule has 8 heteroatoms. The fourth-order valence-corrected chi connectivity index (χ4v) is 3.05. The molecule has 0 aliphatic heterocycles. The van der Waals surface area contributed by atoms with E-state index in [9.17, 15) is 0 Å². The maximum atomic E-state index is 5.77. The molecule has 168 valence electrons. The number of hydrogen-bond acceptors (Lipinski definition) is 4. The van der Waals surface area contributed by atoms with Gasteiger partial charge in [-0.3, -0.25) is 9.39 Å². The van der Waals surface area contributed by atoms with Gasteiger partial charge in [0.1, 0.15) is 11.6 Å². The highest BCUT2D eigenvalue weighted by molar-refractivity contribution is 14.0. The Bertz CT molecular complexity index is 954. The second kappa shape index (κ2) is 12.5. The van der Waals surface area contributed by atoms with Gasteiger partial charge in [-0.15, -0.1) is 34.2 Å². The summed E-state index contributed by atoms with van der Waals surface area (Å²) in [6.07, 6.45) is 2.70. The molecule has 0 spiro atoms. The maximum absolute atomic E-state index is 5.77. The summed E-state index contributed by atoms with van der Waals surface area (Å²) < 4.78 is 7.77. The Balaban J connectivity index is 0.00000341. The highest BCUT2D eigenvalue weighted by atomic mass is 127. The molecule has 1 atom stereocenters. The SMILES string of the molecule is CCNC(=NCCc1nnc2ccccn12)NC(C)c1ccc(OCC(C)C)cc1.I. The van der Waals surface area contributed by atoms with Crippen LogP contribution >= 0.6 is 24.0 Å². The van der Waals surface area contributed by atoms with Gasteiger partial charge >= 0.3 is 0 Å². The van der Waals surface area contributed by atoms with Crippen LogP contribution in [-0.4, -0.2) is 40.3 Å². The van der Waals surface area contributed by atoms with E-state index >= 15 is 0 Å². The number of guanidine groups is 1. The van der Waals surface area contributed by atoms with Crippen molar-refractivity contribution in [2.24, 2.45) is 10.9 Å². The summed E-state index contributed by atoms with van der Waals surface area (Å²) in [4.78, 5) is 4.72. The highest BCUT2D eigenvalue weighted by Crippen LogP contribution is 2.18. The van der Waals surface area contributed by atoms with Crippen LogP contribution in [0.5, 0.6) is 5.75 Å². The van der Waals surface area contributed by atoms with Crippen LogP contribution in [0.3, 0.4) is 0 Å². The van der Waals surface area contributed by atoms with Gasteiger partial charge in [0.25, 0.3) is 0 Å². The number of aliphatic imine (C=N–C) groups is 1. The summed E-state index contributed by atoms with van der Waals surface area (Å²) in [5, 5.41) is 15.3. The first kappa shape index (κ1) is 24.9. The van der Waals surface area contributed by atoms with Gasteiger partial charge in [0.05, 0.1) is 12.6 Å². The number of nitrogens with zero attached hydrogens (tertiary/aromatic N) is 4. The van der Waals surface area contributed by atoms with Crippen molar-refractivity contribution in [2.45, 2.75) is 40.2 Å². The molecule has 3 rings (SSSR count). The molecular weight excluding hydrogens is 503 g/mol. The molecule has 2 N–H and O–H groups in total. The van der Waals surface area contributed by atoms with E-state index in [0.717, 1.165) is 42.8 Å². The number of rotatable bonds is 9. The van der Waals surface area contributed by atoms with Crippen molar-refractivity contribution < 1.29 is 4.74 Å². The second-order valence-electron chi connectivity index (χ2n) is 7.70. The number of fused-ring (bicyclic) bond motifs is 1. The van der Waals surface area contributed by atoms with Crippen LogP contribution in [0.25, 0.3) is 5.65 Å². The molecule has 0 radical (unpaired) electrons. The molecular formula is C23H33IN6O. The first-order valence-corrected chi connectivity index (χ1v) is 10.6. The summed E-state index contributed by atoms with van der Waals surface area (Å²) in [5.74, 6) is 3.12. The molecule has 0 aliphatic rings. The maximum Gasteiger partial charge on any atom is 0.191 e. The van der Waals surface area contributed by atoms with Gasteiger partial charge in [-0.2, -0.15) is 0 Å². The van der Waals surface area contributed by atoms with Crippen LogP contribution < -0.4 is 15.4 Å². The molecule has 1 aromatic carbocycles. The Labute approximate surface area is 201 Å². The minimum Gasteiger partial charge on any atom is -0.493 e. The Morgan fingerprint density at radius 3 is 2.58 bits per heavy atom. The van der Waals surface area contributed by atoms with Gasteiger partial charge in [-0.25, -0.2) is 0 Å². The predicted octanol–water partition coefficient (Wildman–Crippen LogP) is 4.24. The summed E-state index contributed by atoms with van der Waals surface area (Å²) in [6.45, 7) is 10.6. The lowest BCUT2D eigenvalue weighted by molar-refractivity contribution is 0.271. The van der Waals surface area contributed by atoms with Crippen molar-refractivity contribution in [3.63, 3.8) is 0 Å². The van der Waals surface area contributed by atoms with Crippen molar-refractivity contribution in [3.05, 3.63) is 60.0 Å². The molecule has 0 fully saturated rings. The van der Waals surface area contributed by atoms with Crippen LogP contribution in [0, 0.1) is 5.92 Å². The lowest BCUT2D eigenvalue weighted by atomic mass is 10.1. The third-order valence-corrected chi connectivity index (χ3v) is 4.65. The molecule has 2 aromatic heterocycles. The van der Waals surface area contributed by atoms with Crippen LogP contribution in [0.4, 0.5) is 0 Å². The standard InChI is InChI=1S/C23H32N6O.HI/c1-5-24-23(25-14-13-22-28-27-21-8-6-7-15-29(21)22)26-18(4)19-9-11-20(12-10-19)30-16-17(2)3;/h6-12,15,17-18H,5,13-14,16H2,1-4H3,(H2,24,25,26);1H. The van der Waals surface area contributed by atoms with Crippen LogP contribution in [-0.2, 0) is 6.42 Å². The monoisotopic (exact) mass is 536 g/mol. The minimum atomic E-state index is 0. The summed E-state index contributed by atoms with van der Waals surface area (Å²) in [5.41, 5.74) is 2.04. The van der Waals surface area contributed by atoms with Crippen molar-refractivity contribution in [1.82, 2.24) is 25.2 Å². The molecule has 0 bridgehead atoms. The lowest BCUT2D eigenvalue weighted by Crippen LogP contribution is -2.38. The van der Waals surface area contributed by atoms with Gasteiger partial charge < -0.3 is 15.4 Å². The second-order valence-corrected chi connectivity index (χ2v) is 7.70. The zero-order chi connectivity index (χ0) is 21.3. The third-order valence-electron chi connectivity index (χ3n) is 4.65. The molecule has 0 amide bonds. The quantitative estimate of drug-likeness (QED) is 0.243. The van der Waals surface area contributed by atoms with E-state index in [1.54, 1.807) is 0 Å². The zero-order valence-corrected chi connectivity index (χ0v) is 21.0. The highest BCUT2D eigenvalue weighted by Gasteiger charge is 2.09. The number of nitrogens with one attached hydrogen (secondary N) is 2. The molecule has 3 aromatic rings. The predicted molar refractivity (Wildman–Crippen MR) is 136 cm³/mol. The molecule has 2 heterocycles. The van der Waals surface area contributed by atoms with E-state index in [0.29, 0.717) is 12.5 Å². The number of aromatic nitrogens is 3. The number of hydrogen-bond donors (Lipinski definition) is 2. The van der Waals surface area contributed by atoms with Gasteiger partial charge in [0.15, 0.2) is 11.6 Å². The van der Waals surface area contributed by atoms with E-state index in [-0.39, 0.29) is 30.0 Å².